The number of nitrogens with zero attached hydrogens (tertiary/aromatic N) is 4. The molecule has 2 aromatic heterocycles. The first-order valence-corrected chi connectivity index (χ1v) is 4.23. The summed E-state index contributed by atoms with van der Waals surface area (Å²) in [7, 11) is 0. The maximum absolute atomic E-state index is 4.14. The van der Waals surface area contributed by atoms with E-state index in [0.717, 1.165) is 16.7 Å². The zero-order valence-corrected chi connectivity index (χ0v) is 7.25. The lowest BCUT2D eigenvalue weighted by Crippen LogP contribution is -1.94. The molecule has 0 aliphatic carbocycles. The number of aromatic amines is 1. The van der Waals surface area contributed by atoms with E-state index in [2.05, 4.69) is 20.3 Å². The Kier molecular flexibility index (Phi) is 1.38. The van der Waals surface area contributed by atoms with Crippen molar-refractivity contribution in [1.82, 2.24) is 25.0 Å². The summed E-state index contributed by atoms with van der Waals surface area (Å²) in [6, 6.07) is 5.89. The molecule has 2 heterocycles. The highest BCUT2D eigenvalue weighted by atomic mass is 15.4. The molecule has 0 saturated carbocycles. The minimum atomic E-state index is 0.953. The number of hydrogen-bond donors (Lipinski definition) is 1. The Morgan fingerprint density at radius 2 is 2.29 bits per heavy atom. The molecule has 3 aromatic rings. The smallest absolute Gasteiger partial charge is 0.0931 e. The van der Waals surface area contributed by atoms with Gasteiger partial charge in [0.15, 0.2) is 0 Å². The van der Waals surface area contributed by atoms with Gasteiger partial charge in [-0.1, -0.05) is 5.21 Å². The van der Waals surface area contributed by atoms with Crippen LogP contribution in [0.2, 0.25) is 0 Å². The Morgan fingerprint density at radius 1 is 1.29 bits per heavy atom. The van der Waals surface area contributed by atoms with Crippen LogP contribution in [0.25, 0.3) is 16.7 Å². The molecule has 5 nitrogen and oxygen atoms in total. The van der Waals surface area contributed by atoms with Crippen LogP contribution in [0.1, 0.15) is 0 Å². The molecule has 0 radical (unpaired) electrons. The van der Waals surface area contributed by atoms with Crippen molar-refractivity contribution in [2.75, 3.05) is 0 Å². The third kappa shape index (κ3) is 0.990. The van der Waals surface area contributed by atoms with Crippen molar-refractivity contribution >= 4 is 11.0 Å². The van der Waals surface area contributed by atoms with Crippen LogP contribution in [0.3, 0.4) is 0 Å². The Hall–Kier alpha value is -2.17. The summed E-state index contributed by atoms with van der Waals surface area (Å²) in [5.74, 6) is 0. The highest BCUT2D eigenvalue weighted by molar-refractivity contribution is 5.76. The lowest BCUT2D eigenvalue weighted by molar-refractivity contribution is 0.804. The minimum absolute atomic E-state index is 0.953. The summed E-state index contributed by atoms with van der Waals surface area (Å²) in [5.41, 5.74) is 2.92. The molecule has 0 amide bonds. The molecule has 0 aliphatic rings. The van der Waals surface area contributed by atoms with Gasteiger partial charge >= 0.3 is 0 Å². The molecule has 1 aromatic carbocycles. The van der Waals surface area contributed by atoms with Crippen LogP contribution < -0.4 is 0 Å². The maximum Gasteiger partial charge on any atom is 0.0931 e. The second-order valence-electron chi connectivity index (χ2n) is 2.95. The molecule has 0 saturated heterocycles. The van der Waals surface area contributed by atoms with Crippen LogP contribution in [0.15, 0.2) is 36.9 Å². The highest BCUT2D eigenvalue weighted by Crippen LogP contribution is 2.13. The molecule has 0 atom stereocenters. The van der Waals surface area contributed by atoms with Gasteiger partial charge in [-0.15, -0.1) is 5.10 Å². The lowest BCUT2D eigenvalue weighted by atomic mass is 10.3. The molecular weight excluding hydrogens is 178 g/mol. The monoisotopic (exact) mass is 185 g/mol. The van der Waals surface area contributed by atoms with E-state index in [1.54, 1.807) is 23.4 Å². The predicted molar refractivity (Wildman–Crippen MR) is 51.0 cm³/mol. The van der Waals surface area contributed by atoms with Gasteiger partial charge in [0.05, 0.1) is 35.4 Å². The van der Waals surface area contributed by atoms with Crippen LogP contribution >= 0.6 is 0 Å². The Labute approximate surface area is 79.4 Å². The van der Waals surface area contributed by atoms with Crippen molar-refractivity contribution in [3.8, 4) is 5.69 Å². The average molecular weight is 185 g/mol. The number of H-pyrrole nitrogens is 1. The number of imidazole rings is 1. The first kappa shape index (κ1) is 7.25. The van der Waals surface area contributed by atoms with Gasteiger partial charge in [0, 0.05) is 0 Å². The number of rotatable bonds is 1. The van der Waals surface area contributed by atoms with E-state index in [1.807, 2.05) is 18.2 Å². The largest absolute Gasteiger partial charge is 0.345 e. The van der Waals surface area contributed by atoms with Gasteiger partial charge < -0.3 is 4.98 Å². The molecule has 14 heavy (non-hydrogen) atoms. The first-order chi connectivity index (χ1) is 6.93. The lowest BCUT2D eigenvalue weighted by Gasteiger charge is -1.98. The fourth-order valence-electron chi connectivity index (χ4n) is 1.41. The van der Waals surface area contributed by atoms with Crippen molar-refractivity contribution in [1.29, 1.82) is 0 Å². The minimum Gasteiger partial charge on any atom is -0.345 e. The van der Waals surface area contributed by atoms with E-state index in [-0.39, 0.29) is 0 Å². The molecule has 0 fully saturated rings. The van der Waals surface area contributed by atoms with Crippen molar-refractivity contribution in [2.45, 2.75) is 0 Å². The number of benzene rings is 1. The third-order valence-corrected chi connectivity index (χ3v) is 2.09. The van der Waals surface area contributed by atoms with E-state index in [4.69, 9.17) is 0 Å². The Bertz CT molecular complexity index is 551. The fraction of sp³-hybridized carbons (Fsp3) is 0. The summed E-state index contributed by atoms with van der Waals surface area (Å²) in [6.07, 6.45) is 5.13. The van der Waals surface area contributed by atoms with Crippen LogP contribution in [0.4, 0.5) is 0 Å². The topological polar surface area (TPSA) is 59.4 Å². The molecule has 0 aliphatic heterocycles. The molecule has 5 heteroatoms. The van der Waals surface area contributed by atoms with Crippen molar-refractivity contribution < 1.29 is 0 Å². The molecule has 3 rings (SSSR count). The van der Waals surface area contributed by atoms with Crippen LogP contribution in [0, 0.1) is 0 Å². The molecule has 0 bridgehead atoms. The fourth-order valence-corrected chi connectivity index (χ4v) is 1.41. The Morgan fingerprint density at radius 3 is 3.14 bits per heavy atom. The van der Waals surface area contributed by atoms with E-state index < -0.39 is 0 Å². The van der Waals surface area contributed by atoms with E-state index in [1.165, 1.54) is 0 Å². The van der Waals surface area contributed by atoms with Gasteiger partial charge in [-0.2, -0.15) is 0 Å². The zero-order valence-electron chi connectivity index (χ0n) is 7.25. The van der Waals surface area contributed by atoms with E-state index >= 15 is 0 Å². The Balaban J connectivity index is 2.23. The molecule has 0 spiro atoms. The van der Waals surface area contributed by atoms with E-state index in [9.17, 15) is 0 Å². The normalized spacial score (nSPS) is 10.9. The second-order valence-corrected chi connectivity index (χ2v) is 2.95. The van der Waals surface area contributed by atoms with E-state index in [0.29, 0.717) is 0 Å². The molecular formula is C9H7N5. The van der Waals surface area contributed by atoms with Crippen molar-refractivity contribution in [2.24, 2.45) is 0 Å². The summed E-state index contributed by atoms with van der Waals surface area (Å²) < 4.78 is 1.71. The third-order valence-electron chi connectivity index (χ3n) is 2.09. The standard InChI is InChI=1S/C9H7N5/c1-2-8-9(11-6-10-8)5-7(1)14-4-3-12-13-14/h1-6H,(H,10,11). The van der Waals surface area contributed by atoms with Gasteiger partial charge in [0.2, 0.25) is 0 Å². The molecule has 0 unspecified atom stereocenters. The number of aromatic nitrogens is 5. The van der Waals surface area contributed by atoms with Crippen molar-refractivity contribution in [3.63, 3.8) is 0 Å². The van der Waals surface area contributed by atoms with Crippen molar-refractivity contribution in [3.05, 3.63) is 36.9 Å². The average Bonchev–Trinajstić information content (AvgIpc) is 2.88. The maximum atomic E-state index is 4.14. The van der Waals surface area contributed by atoms with Gasteiger partial charge in [-0.3, -0.25) is 0 Å². The zero-order chi connectivity index (χ0) is 9.38. The highest BCUT2D eigenvalue weighted by Gasteiger charge is 1.99. The number of nitrogens with one attached hydrogen (secondary N) is 1. The van der Waals surface area contributed by atoms with Gasteiger partial charge in [0.1, 0.15) is 0 Å². The van der Waals surface area contributed by atoms with Gasteiger partial charge in [-0.25, -0.2) is 9.67 Å². The van der Waals surface area contributed by atoms with Crippen LogP contribution in [-0.4, -0.2) is 25.0 Å². The molecule has 1 N–H and O–H groups in total. The van der Waals surface area contributed by atoms with Crippen LogP contribution in [-0.2, 0) is 0 Å². The molecule has 68 valence electrons. The summed E-state index contributed by atoms with van der Waals surface area (Å²) in [6.45, 7) is 0. The second kappa shape index (κ2) is 2.66. The summed E-state index contributed by atoms with van der Waals surface area (Å²) in [4.78, 5) is 7.19. The summed E-state index contributed by atoms with van der Waals surface area (Å²) in [5, 5.41) is 7.66. The number of hydrogen-bond acceptors (Lipinski definition) is 3. The van der Waals surface area contributed by atoms with Gasteiger partial charge in [-0.05, 0) is 18.2 Å². The van der Waals surface area contributed by atoms with Gasteiger partial charge in [0.25, 0.3) is 0 Å². The van der Waals surface area contributed by atoms with Crippen LogP contribution in [0.5, 0.6) is 0 Å². The summed E-state index contributed by atoms with van der Waals surface area (Å²) >= 11 is 0. The number of fused-ring (bicyclic) bond motifs is 1. The predicted octanol–water partition coefficient (Wildman–Crippen LogP) is 1.14. The SMILES string of the molecule is c1cn(-c2ccc3nc[nH]c3c2)nn1. The first-order valence-electron chi connectivity index (χ1n) is 4.23. The quantitative estimate of drug-likeness (QED) is 0.618.